The van der Waals surface area contributed by atoms with Crippen LogP contribution in [-0.4, -0.2) is 59.4 Å². The third-order valence-corrected chi connectivity index (χ3v) is 6.26. The van der Waals surface area contributed by atoms with Gasteiger partial charge >= 0.3 is 6.03 Å². The van der Waals surface area contributed by atoms with Crippen LogP contribution in [0.4, 0.5) is 4.79 Å². The first kappa shape index (κ1) is 17.9. The molecule has 0 unspecified atom stereocenters. The van der Waals surface area contributed by atoms with Gasteiger partial charge in [0, 0.05) is 44.0 Å². The molecule has 0 spiro atoms. The summed E-state index contributed by atoms with van der Waals surface area (Å²) in [5.41, 5.74) is 1.07. The SMILES string of the molecule is Cc1nc(CCNC(=O)N2CCN(C(=O)c3cccs3)CC2)sc1C. The largest absolute Gasteiger partial charge is 0.338 e. The molecular weight excluding hydrogens is 356 g/mol. The Morgan fingerprint density at radius 1 is 1.20 bits per heavy atom. The Bertz CT molecular complexity index is 714. The number of urea groups is 1. The molecule has 0 radical (unpaired) electrons. The first-order valence-corrected chi connectivity index (χ1v) is 10.0. The van der Waals surface area contributed by atoms with E-state index in [2.05, 4.69) is 17.2 Å². The first-order chi connectivity index (χ1) is 12.0. The van der Waals surface area contributed by atoms with E-state index in [0.717, 1.165) is 22.0 Å². The molecule has 1 aliphatic heterocycles. The number of hydrogen-bond donors (Lipinski definition) is 1. The molecule has 3 amide bonds. The summed E-state index contributed by atoms with van der Waals surface area (Å²) in [6, 6.07) is 3.66. The monoisotopic (exact) mass is 378 g/mol. The summed E-state index contributed by atoms with van der Waals surface area (Å²) in [5, 5.41) is 5.92. The topological polar surface area (TPSA) is 65.5 Å². The van der Waals surface area contributed by atoms with Crippen molar-refractivity contribution in [3.8, 4) is 0 Å². The van der Waals surface area contributed by atoms with Gasteiger partial charge < -0.3 is 15.1 Å². The highest BCUT2D eigenvalue weighted by Gasteiger charge is 2.25. The van der Waals surface area contributed by atoms with E-state index in [1.165, 1.54) is 16.2 Å². The molecule has 0 saturated carbocycles. The number of thiophene rings is 1. The van der Waals surface area contributed by atoms with E-state index in [4.69, 9.17) is 0 Å². The van der Waals surface area contributed by atoms with Crippen LogP contribution in [0.15, 0.2) is 17.5 Å². The molecule has 0 atom stereocenters. The van der Waals surface area contributed by atoms with Crippen LogP contribution < -0.4 is 5.32 Å². The number of carbonyl (C=O) groups is 2. The number of aryl methyl sites for hydroxylation is 2. The predicted octanol–water partition coefficient (Wildman–Crippen LogP) is 2.53. The number of thiazole rings is 1. The minimum atomic E-state index is -0.0618. The second kappa shape index (κ2) is 7.97. The molecule has 134 valence electrons. The zero-order chi connectivity index (χ0) is 17.8. The van der Waals surface area contributed by atoms with Crippen LogP contribution in [0.2, 0.25) is 0 Å². The zero-order valence-electron chi connectivity index (χ0n) is 14.4. The average Bonchev–Trinajstić information content (AvgIpc) is 3.25. The summed E-state index contributed by atoms with van der Waals surface area (Å²) in [6.07, 6.45) is 0.752. The van der Waals surface area contributed by atoms with Crippen molar-refractivity contribution in [2.24, 2.45) is 0 Å². The van der Waals surface area contributed by atoms with Crippen molar-refractivity contribution in [2.45, 2.75) is 20.3 Å². The molecule has 6 nitrogen and oxygen atoms in total. The second-order valence-corrected chi connectivity index (χ2v) is 8.22. The molecule has 8 heteroatoms. The molecule has 2 aromatic heterocycles. The van der Waals surface area contributed by atoms with E-state index in [1.807, 2.05) is 29.3 Å². The smallest absolute Gasteiger partial charge is 0.317 e. The Hall–Kier alpha value is -1.93. The van der Waals surface area contributed by atoms with Crippen LogP contribution in [-0.2, 0) is 6.42 Å². The molecule has 3 rings (SSSR count). The predicted molar refractivity (Wildman–Crippen MR) is 100 cm³/mol. The van der Waals surface area contributed by atoms with Gasteiger partial charge in [-0.1, -0.05) is 6.07 Å². The van der Waals surface area contributed by atoms with Crippen molar-refractivity contribution >= 4 is 34.6 Å². The van der Waals surface area contributed by atoms with Crippen LogP contribution in [0.3, 0.4) is 0 Å². The van der Waals surface area contributed by atoms with Crippen molar-refractivity contribution in [3.05, 3.63) is 38.0 Å². The van der Waals surface area contributed by atoms with Crippen LogP contribution in [0, 0.1) is 13.8 Å². The lowest BCUT2D eigenvalue weighted by atomic mass is 10.3. The van der Waals surface area contributed by atoms with Crippen LogP contribution >= 0.6 is 22.7 Å². The number of nitrogens with zero attached hydrogens (tertiary/aromatic N) is 3. The Morgan fingerprint density at radius 2 is 1.92 bits per heavy atom. The fraction of sp³-hybridized carbons (Fsp3) is 0.471. The van der Waals surface area contributed by atoms with E-state index < -0.39 is 0 Å². The minimum absolute atomic E-state index is 0.0598. The van der Waals surface area contributed by atoms with Crippen LogP contribution in [0.5, 0.6) is 0 Å². The Labute approximate surface area is 155 Å². The van der Waals surface area contributed by atoms with Crippen molar-refractivity contribution in [1.82, 2.24) is 20.1 Å². The third-order valence-electron chi connectivity index (χ3n) is 4.27. The summed E-state index contributed by atoms with van der Waals surface area (Å²) in [7, 11) is 0. The van der Waals surface area contributed by atoms with Crippen molar-refractivity contribution < 1.29 is 9.59 Å². The number of carbonyl (C=O) groups excluding carboxylic acids is 2. The van der Waals surface area contributed by atoms with Gasteiger partial charge in [0.05, 0.1) is 15.6 Å². The number of amides is 3. The molecule has 25 heavy (non-hydrogen) atoms. The van der Waals surface area contributed by atoms with Gasteiger partial charge in [0.25, 0.3) is 5.91 Å². The summed E-state index contributed by atoms with van der Waals surface area (Å²) in [4.78, 5) is 34.6. The molecule has 1 saturated heterocycles. The quantitative estimate of drug-likeness (QED) is 0.889. The lowest BCUT2D eigenvalue weighted by Gasteiger charge is -2.34. The molecule has 2 aromatic rings. The lowest BCUT2D eigenvalue weighted by molar-refractivity contribution is 0.0670. The summed E-state index contributed by atoms with van der Waals surface area (Å²) in [5.74, 6) is 0.0598. The fourth-order valence-electron chi connectivity index (χ4n) is 2.70. The third kappa shape index (κ3) is 4.38. The van der Waals surface area contributed by atoms with E-state index >= 15 is 0 Å². The lowest BCUT2D eigenvalue weighted by Crippen LogP contribution is -2.53. The fourth-order valence-corrected chi connectivity index (χ4v) is 4.33. The number of piperazine rings is 1. The second-order valence-electron chi connectivity index (χ2n) is 5.99. The van der Waals surface area contributed by atoms with Gasteiger partial charge in [0.1, 0.15) is 0 Å². The molecule has 1 aliphatic rings. The van der Waals surface area contributed by atoms with Gasteiger partial charge in [-0.25, -0.2) is 9.78 Å². The molecule has 1 N–H and O–H groups in total. The highest BCUT2D eigenvalue weighted by atomic mass is 32.1. The number of hydrogen-bond acceptors (Lipinski definition) is 5. The van der Waals surface area contributed by atoms with Gasteiger partial charge in [-0.3, -0.25) is 4.79 Å². The maximum atomic E-state index is 12.3. The van der Waals surface area contributed by atoms with Gasteiger partial charge in [-0.2, -0.15) is 0 Å². The molecule has 3 heterocycles. The van der Waals surface area contributed by atoms with Gasteiger partial charge in [0.2, 0.25) is 0 Å². The first-order valence-electron chi connectivity index (χ1n) is 8.33. The average molecular weight is 379 g/mol. The summed E-state index contributed by atoms with van der Waals surface area (Å²) in [6.45, 7) is 6.94. The zero-order valence-corrected chi connectivity index (χ0v) is 16.1. The Kier molecular flexibility index (Phi) is 5.70. The van der Waals surface area contributed by atoms with Gasteiger partial charge in [0.15, 0.2) is 0 Å². The van der Waals surface area contributed by atoms with Crippen molar-refractivity contribution in [1.29, 1.82) is 0 Å². The highest BCUT2D eigenvalue weighted by molar-refractivity contribution is 7.12. The molecule has 0 bridgehead atoms. The number of nitrogens with one attached hydrogen (secondary N) is 1. The number of aromatic nitrogens is 1. The van der Waals surface area contributed by atoms with E-state index in [1.54, 1.807) is 16.2 Å². The summed E-state index contributed by atoms with van der Waals surface area (Å²) >= 11 is 3.14. The van der Waals surface area contributed by atoms with E-state index in [-0.39, 0.29) is 11.9 Å². The molecule has 0 aromatic carbocycles. The maximum Gasteiger partial charge on any atom is 0.317 e. The highest BCUT2D eigenvalue weighted by Crippen LogP contribution is 2.16. The van der Waals surface area contributed by atoms with Crippen LogP contribution in [0.25, 0.3) is 0 Å². The van der Waals surface area contributed by atoms with E-state index in [9.17, 15) is 9.59 Å². The summed E-state index contributed by atoms with van der Waals surface area (Å²) < 4.78 is 0. The maximum absolute atomic E-state index is 12.3. The van der Waals surface area contributed by atoms with Crippen molar-refractivity contribution in [2.75, 3.05) is 32.7 Å². The normalized spacial score (nSPS) is 14.6. The Balaban J connectivity index is 1.41. The van der Waals surface area contributed by atoms with Crippen LogP contribution in [0.1, 0.15) is 25.3 Å². The van der Waals surface area contributed by atoms with Crippen molar-refractivity contribution in [3.63, 3.8) is 0 Å². The van der Waals surface area contributed by atoms with Gasteiger partial charge in [-0.05, 0) is 25.3 Å². The minimum Gasteiger partial charge on any atom is -0.338 e. The van der Waals surface area contributed by atoms with Gasteiger partial charge in [-0.15, -0.1) is 22.7 Å². The molecule has 0 aliphatic carbocycles. The standard InChI is InChI=1S/C17H22N4O2S2/c1-12-13(2)25-15(19-12)5-6-18-17(23)21-9-7-20(8-10-21)16(22)14-4-3-11-24-14/h3-4,11H,5-10H2,1-2H3,(H,18,23). The Morgan fingerprint density at radius 3 is 2.52 bits per heavy atom. The molecule has 1 fully saturated rings. The number of rotatable bonds is 4. The molecular formula is C17H22N4O2S2. The van der Waals surface area contributed by atoms with E-state index in [0.29, 0.717) is 32.7 Å².